The second-order valence-corrected chi connectivity index (χ2v) is 10.5. The van der Waals surface area contributed by atoms with Crippen LogP contribution in [0.3, 0.4) is 0 Å². The van der Waals surface area contributed by atoms with Crippen LogP contribution in [-0.4, -0.2) is 53.3 Å². The molecular weight excluding hydrogens is 531 g/mol. The van der Waals surface area contributed by atoms with Gasteiger partial charge in [0.25, 0.3) is 17.8 Å². The first-order chi connectivity index (χ1) is 17.9. The van der Waals surface area contributed by atoms with Gasteiger partial charge in [-0.2, -0.15) is 0 Å². The molecule has 1 aliphatic rings. The van der Waals surface area contributed by atoms with Crippen molar-refractivity contribution in [2.24, 2.45) is 13.0 Å². The number of hydrogen-bond donors (Lipinski definition) is 2. The van der Waals surface area contributed by atoms with E-state index in [9.17, 15) is 37.5 Å². The zero-order chi connectivity index (χ0) is 27.6. The average molecular weight is 554 g/mol. The van der Waals surface area contributed by atoms with Gasteiger partial charge < -0.3 is 10.1 Å². The smallest absolute Gasteiger partial charge is 0.331 e. The Kier molecular flexibility index (Phi) is 6.31. The summed E-state index contributed by atoms with van der Waals surface area (Å²) in [6.45, 7) is 3.50. The van der Waals surface area contributed by atoms with Gasteiger partial charge in [0.05, 0.1) is 27.8 Å². The maximum absolute atomic E-state index is 14.5. The number of hydroxylamine groups is 2. The molecule has 1 amide bonds. The molecule has 0 bridgehead atoms. The van der Waals surface area contributed by atoms with E-state index in [0.717, 1.165) is 32.6 Å². The number of fused-ring (bicyclic) bond motifs is 2. The summed E-state index contributed by atoms with van der Waals surface area (Å²) in [6, 6.07) is 1.35. The Labute approximate surface area is 214 Å². The van der Waals surface area contributed by atoms with Crippen LogP contribution >= 0.6 is 11.3 Å². The number of carbonyl (C=O) groups is 1. The van der Waals surface area contributed by atoms with Gasteiger partial charge in [0.2, 0.25) is 0 Å². The van der Waals surface area contributed by atoms with Crippen LogP contribution in [0.15, 0.2) is 32.6 Å². The monoisotopic (exact) mass is 553 g/mol. The van der Waals surface area contributed by atoms with Crippen molar-refractivity contribution in [3.05, 3.63) is 66.0 Å². The summed E-state index contributed by atoms with van der Waals surface area (Å²) in [5.74, 6) is -3.31. The van der Waals surface area contributed by atoms with Crippen LogP contribution in [0.5, 0.6) is 0 Å². The van der Waals surface area contributed by atoms with Crippen molar-refractivity contribution in [3.8, 4) is 0 Å². The molecule has 2 unspecified atom stereocenters. The highest BCUT2D eigenvalue weighted by molar-refractivity contribution is 7.20. The van der Waals surface area contributed by atoms with Crippen molar-refractivity contribution in [2.75, 3.05) is 0 Å². The highest BCUT2D eigenvalue weighted by Gasteiger charge is 2.46. The lowest BCUT2D eigenvalue weighted by molar-refractivity contribution is -0.171. The number of thiophene rings is 1. The van der Waals surface area contributed by atoms with Gasteiger partial charge in [-0.05, 0) is 12.0 Å². The van der Waals surface area contributed by atoms with Crippen LogP contribution < -0.4 is 16.9 Å². The first-order valence-electron chi connectivity index (χ1n) is 11.5. The second-order valence-electron chi connectivity index (χ2n) is 9.45. The molecule has 4 heterocycles. The standard InChI is InChI=1S/C23H22F3N5O6S/c1-9(2)7-30-21-10(19(33)28(3)23(30)36)4-16(38-21)20(34)31-15(17(32)18(26)37-31)8-29-14-6-12(25)11(24)5-13(14)27-22(29)35/h4-6,9,15,17-18,32H,7-8H2,1-3H3,(H,27,35)/t15?,17-,18?/m0/s1. The van der Waals surface area contributed by atoms with Gasteiger partial charge in [-0.3, -0.25) is 23.3 Å². The summed E-state index contributed by atoms with van der Waals surface area (Å²) < 4.78 is 45.2. The van der Waals surface area contributed by atoms with E-state index in [1.54, 1.807) is 0 Å². The summed E-state index contributed by atoms with van der Waals surface area (Å²) in [7, 11) is 1.32. The topological polar surface area (TPSA) is 132 Å². The summed E-state index contributed by atoms with van der Waals surface area (Å²) in [4.78, 5) is 58.9. The first-order valence-corrected chi connectivity index (χ1v) is 12.3. The molecule has 0 spiro atoms. The van der Waals surface area contributed by atoms with E-state index in [4.69, 9.17) is 4.84 Å². The maximum atomic E-state index is 14.5. The highest BCUT2D eigenvalue weighted by Crippen LogP contribution is 2.30. The molecule has 3 atom stereocenters. The minimum Gasteiger partial charge on any atom is -0.385 e. The number of halogens is 3. The van der Waals surface area contributed by atoms with Crippen LogP contribution in [0, 0.1) is 17.6 Å². The largest absolute Gasteiger partial charge is 0.385 e. The van der Waals surface area contributed by atoms with E-state index in [2.05, 4.69) is 4.98 Å². The van der Waals surface area contributed by atoms with Gasteiger partial charge in [0.15, 0.2) is 11.6 Å². The Balaban J connectivity index is 1.56. The molecule has 4 aromatic rings. The molecule has 0 radical (unpaired) electrons. The van der Waals surface area contributed by atoms with Crippen LogP contribution in [0.25, 0.3) is 21.3 Å². The van der Waals surface area contributed by atoms with Crippen LogP contribution in [-0.2, 0) is 25.0 Å². The Hall–Kier alpha value is -3.69. The molecule has 0 saturated carbocycles. The number of hydrogen-bond acceptors (Lipinski definition) is 7. The predicted octanol–water partition coefficient (Wildman–Crippen LogP) is 1.45. The molecule has 3 aromatic heterocycles. The lowest BCUT2D eigenvalue weighted by Crippen LogP contribution is -2.43. The number of imidazole rings is 1. The van der Waals surface area contributed by atoms with E-state index >= 15 is 0 Å². The normalized spacial score (nSPS) is 19.9. The summed E-state index contributed by atoms with van der Waals surface area (Å²) in [5, 5.41) is 11.1. The zero-order valence-corrected chi connectivity index (χ0v) is 21.1. The van der Waals surface area contributed by atoms with Crippen LogP contribution in [0.1, 0.15) is 23.5 Å². The third-order valence-corrected chi connectivity index (χ3v) is 7.48. The fourth-order valence-electron chi connectivity index (χ4n) is 4.47. The van der Waals surface area contributed by atoms with E-state index in [-0.39, 0.29) is 38.6 Å². The SMILES string of the molecule is CC(C)Cn1c(=O)n(C)c(=O)c2cc(C(=O)N3OC(F)[C@@H](O)C3Cn3c(=O)[nH]c4cc(F)c(F)cc43)sc21. The lowest BCUT2D eigenvalue weighted by Gasteiger charge is -2.23. The maximum Gasteiger partial charge on any atom is 0.331 e. The number of nitrogens with zero attached hydrogens (tertiary/aromatic N) is 4. The van der Waals surface area contributed by atoms with E-state index < -0.39 is 59.5 Å². The quantitative estimate of drug-likeness (QED) is 0.385. The number of aromatic nitrogens is 4. The van der Waals surface area contributed by atoms with Gasteiger partial charge >= 0.3 is 11.4 Å². The van der Waals surface area contributed by atoms with Crippen molar-refractivity contribution in [3.63, 3.8) is 0 Å². The van der Waals surface area contributed by atoms with E-state index in [1.165, 1.54) is 17.7 Å². The molecule has 1 saturated heterocycles. The zero-order valence-electron chi connectivity index (χ0n) is 20.3. The molecular formula is C23H22F3N5O6S. The summed E-state index contributed by atoms with van der Waals surface area (Å²) in [5.41, 5.74) is -2.11. The lowest BCUT2D eigenvalue weighted by atomic mass is 10.1. The minimum absolute atomic E-state index is 0.0381. The number of benzene rings is 1. The summed E-state index contributed by atoms with van der Waals surface area (Å²) in [6.07, 6.45) is -4.22. The average Bonchev–Trinajstić information content (AvgIpc) is 3.51. The Morgan fingerprint density at radius 2 is 1.84 bits per heavy atom. The molecule has 1 aliphatic heterocycles. The number of rotatable bonds is 5. The number of aliphatic hydroxyl groups is 1. The molecule has 15 heteroatoms. The Morgan fingerprint density at radius 1 is 1.16 bits per heavy atom. The van der Waals surface area contributed by atoms with Crippen LogP contribution in [0.2, 0.25) is 0 Å². The van der Waals surface area contributed by atoms with Gasteiger partial charge in [0.1, 0.15) is 17.0 Å². The van der Waals surface area contributed by atoms with Gasteiger partial charge in [-0.25, -0.2) is 32.7 Å². The number of amides is 1. The first kappa shape index (κ1) is 25.9. The fraction of sp³-hybridized carbons (Fsp3) is 0.391. The van der Waals surface area contributed by atoms with Crippen molar-refractivity contribution in [1.82, 2.24) is 23.7 Å². The van der Waals surface area contributed by atoms with Crippen molar-refractivity contribution in [2.45, 2.75) is 45.4 Å². The number of aliphatic hydroxyl groups excluding tert-OH is 1. The molecule has 11 nitrogen and oxygen atoms in total. The van der Waals surface area contributed by atoms with E-state index in [1.807, 2.05) is 13.8 Å². The molecule has 202 valence electrons. The molecule has 1 fully saturated rings. The number of aromatic amines is 1. The second kappa shape index (κ2) is 9.25. The number of alkyl halides is 1. The Bertz CT molecular complexity index is 1770. The molecule has 1 aromatic carbocycles. The Morgan fingerprint density at radius 3 is 2.53 bits per heavy atom. The predicted molar refractivity (Wildman–Crippen MR) is 131 cm³/mol. The van der Waals surface area contributed by atoms with Crippen molar-refractivity contribution >= 4 is 38.5 Å². The molecule has 2 N–H and O–H groups in total. The van der Waals surface area contributed by atoms with E-state index in [0.29, 0.717) is 5.06 Å². The van der Waals surface area contributed by atoms with Gasteiger partial charge in [-0.1, -0.05) is 13.8 Å². The highest BCUT2D eigenvalue weighted by atomic mass is 32.1. The number of carbonyl (C=O) groups excluding carboxylic acids is 1. The third kappa shape index (κ3) is 4.06. The number of H-pyrrole nitrogens is 1. The molecule has 38 heavy (non-hydrogen) atoms. The van der Waals surface area contributed by atoms with Gasteiger partial charge in [0, 0.05) is 25.7 Å². The number of nitrogens with one attached hydrogen (secondary N) is 1. The van der Waals surface area contributed by atoms with Gasteiger partial charge in [-0.15, -0.1) is 11.3 Å². The van der Waals surface area contributed by atoms with Crippen molar-refractivity contribution < 1.29 is 27.9 Å². The van der Waals surface area contributed by atoms with Crippen molar-refractivity contribution in [1.29, 1.82) is 0 Å². The molecule has 0 aliphatic carbocycles. The summed E-state index contributed by atoms with van der Waals surface area (Å²) >= 11 is 0.828. The molecule has 5 rings (SSSR count). The van der Waals surface area contributed by atoms with Crippen LogP contribution in [0.4, 0.5) is 13.2 Å². The minimum atomic E-state index is -2.33. The third-order valence-electron chi connectivity index (χ3n) is 6.33. The fourth-order valence-corrected chi connectivity index (χ4v) is 5.56.